The van der Waals surface area contributed by atoms with Gasteiger partial charge in [0.25, 0.3) is 0 Å². The number of nitrogens with zero attached hydrogens (tertiary/aromatic N) is 1. The maximum atomic E-state index is 12.9. The fourth-order valence-electron chi connectivity index (χ4n) is 3.70. The number of piperidine rings is 1. The van der Waals surface area contributed by atoms with Gasteiger partial charge in [-0.05, 0) is 42.2 Å². The van der Waals surface area contributed by atoms with Crippen LogP contribution >= 0.6 is 12.4 Å². The third-order valence-corrected chi connectivity index (χ3v) is 5.51. The zero-order valence-electron chi connectivity index (χ0n) is 17.4. The van der Waals surface area contributed by atoms with Crippen LogP contribution in [0.2, 0.25) is 0 Å². The summed E-state index contributed by atoms with van der Waals surface area (Å²) in [5.41, 5.74) is 7.95. The van der Waals surface area contributed by atoms with E-state index in [0.717, 1.165) is 25.8 Å². The number of hydrogen-bond acceptors (Lipinski definition) is 3. The smallest absolute Gasteiger partial charge is 0.223 e. The van der Waals surface area contributed by atoms with Crippen molar-refractivity contribution in [3.63, 3.8) is 0 Å². The quantitative estimate of drug-likeness (QED) is 0.689. The normalized spacial score (nSPS) is 17.8. The summed E-state index contributed by atoms with van der Waals surface area (Å²) in [5.74, 6) is 0.856. The van der Waals surface area contributed by atoms with Gasteiger partial charge in [0, 0.05) is 38.5 Å². The summed E-state index contributed by atoms with van der Waals surface area (Å²) in [6, 6.07) is 8.72. The summed E-state index contributed by atoms with van der Waals surface area (Å²) >= 11 is 0. The summed E-state index contributed by atoms with van der Waals surface area (Å²) in [5, 5.41) is 2.93. The molecule has 3 N–H and O–H groups in total. The highest BCUT2D eigenvalue weighted by atomic mass is 35.5. The molecule has 1 aliphatic heterocycles. The molecule has 1 aromatic carbocycles. The third-order valence-electron chi connectivity index (χ3n) is 5.51. The average molecular weight is 410 g/mol. The molecule has 2 amide bonds. The standard InChI is InChI=1S/C22H35N3O2.ClH/c1-16(2)18-7-9-19(10-8-18)17(3)14-22(27)25-13-5-4-6-20(25)15-24-21(26)11-12-23;/h7-10,16-17,20H,4-6,11-15,23H2,1-3H3,(H,24,26);1H. The van der Waals surface area contributed by atoms with Gasteiger partial charge in [-0.2, -0.15) is 0 Å². The van der Waals surface area contributed by atoms with Crippen LogP contribution in [0.5, 0.6) is 0 Å². The van der Waals surface area contributed by atoms with Crippen LogP contribution in [0.3, 0.4) is 0 Å². The SMILES string of the molecule is CC(C)c1ccc(C(C)CC(=O)N2CCCCC2CNC(=O)CCN)cc1.Cl. The number of nitrogens with one attached hydrogen (secondary N) is 1. The van der Waals surface area contributed by atoms with Gasteiger partial charge in [0.2, 0.25) is 11.8 Å². The van der Waals surface area contributed by atoms with Crippen LogP contribution in [-0.2, 0) is 9.59 Å². The Morgan fingerprint density at radius 3 is 2.39 bits per heavy atom. The Hall–Kier alpha value is -1.59. The summed E-state index contributed by atoms with van der Waals surface area (Å²) in [7, 11) is 0. The zero-order valence-corrected chi connectivity index (χ0v) is 18.3. The van der Waals surface area contributed by atoms with Gasteiger partial charge < -0.3 is 16.0 Å². The van der Waals surface area contributed by atoms with E-state index in [0.29, 0.717) is 31.8 Å². The van der Waals surface area contributed by atoms with Gasteiger partial charge in [-0.15, -0.1) is 12.4 Å². The summed E-state index contributed by atoms with van der Waals surface area (Å²) in [6.45, 7) is 8.16. The van der Waals surface area contributed by atoms with E-state index in [-0.39, 0.29) is 36.2 Å². The molecular formula is C22H36ClN3O2. The molecule has 158 valence electrons. The molecular weight excluding hydrogens is 374 g/mol. The fourth-order valence-corrected chi connectivity index (χ4v) is 3.70. The number of carbonyl (C=O) groups is 2. The molecule has 0 aliphatic carbocycles. The summed E-state index contributed by atoms with van der Waals surface area (Å²) in [6.07, 6.45) is 3.94. The molecule has 6 heteroatoms. The first-order valence-electron chi connectivity index (χ1n) is 10.3. The predicted molar refractivity (Wildman–Crippen MR) is 117 cm³/mol. The first-order chi connectivity index (χ1) is 12.9. The third kappa shape index (κ3) is 7.10. The second kappa shape index (κ2) is 12.1. The molecule has 1 fully saturated rings. The maximum absolute atomic E-state index is 12.9. The Labute approximate surface area is 175 Å². The number of benzene rings is 1. The van der Waals surface area contributed by atoms with Gasteiger partial charge in [0.1, 0.15) is 0 Å². The van der Waals surface area contributed by atoms with Crippen LogP contribution in [0.1, 0.15) is 75.8 Å². The van der Waals surface area contributed by atoms with Crippen molar-refractivity contribution in [2.75, 3.05) is 19.6 Å². The lowest BCUT2D eigenvalue weighted by molar-refractivity contribution is -0.135. The first-order valence-corrected chi connectivity index (χ1v) is 10.3. The molecule has 2 unspecified atom stereocenters. The van der Waals surface area contributed by atoms with Gasteiger partial charge in [-0.1, -0.05) is 45.0 Å². The van der Waals surface area contributed by atoms with Gasteiger partial charge in [-0.25, -0.2) is 0 Å². The predicted octanol–water partition coefficient (Wildman–Crippen LogP) is 3.57. The molecule has 2 atom stereocenters. The molecule has 1 saturated heterocycles. The van der Waals surface area contributed by atoms with Crippen LogP contribution < -0.4 is 11.1 Å². The highest BCUT2D eigenvalue weighted by Gasteiger charge is 2.28. The summed E-state index contributed by atoms with van der Waals surface area (Å²) in [4.78, 5) is 26.6. The molecule has 1 aliphatic rings. The Morgan fingerprint density at radius 1 is 1.14 bits per heavy atom. The van der Waals surface area contributed by atoms with Crippen molar-refractivity contribution in [3.05, 3.63) is 35.4 Å². The van der Waals surface area contributed by atoms with Crippen molar-refractivity contribution in [2.45, 2.75) is 70.8 Å². The minimum atomic E-state index is -0.0333. The van der Waals surface area contributed by atoms with Crippen molar-refractivity contribution in [1.82, 2.24) is 10.2 Å². The number of halogens is 1. The van der Waals surface area contributed by atoms with Gasteiger partial charge >= 0.3 is 0 Å². The van der Waals surface area contributed by atoms with Crippen LogP contribution in [0.25, 0.3) is 0 Å². The van der Waals surface area contributed by atoms with Crippen LogP contribution in [-0.4, -0.2) is 42.4 Å². The van der Waals surface area contributed by atoms with Crippen LogP contribution in [0.4, 0.5) is 0 Å². The minimum Gasteiger partial charge on any atom is -0.354 e. The van der Waals surface area contributed by atoms with E-state index in [1.54, 1.807) is 0 Å². The van der Waals surface area contributed by atoms with E-state index in [9.17, 15) is 9.59 Å². The van der Waals surface area contributed by atoms with E-state index >= 15 is 0 Å². The maximum Gasteiger partial charge on any atom is 0.223 e. The largest absolute Gasteiger partial charge is 0.354 e. The van der Waals surface area contributed by atoms with E-state index in [2.05, 4.69) is 50.4 Å². The van der Waals surface area contributed by atoms with Crippen molar-refractivity contribution in [3.8, 4) is 0 Å². The van der Waals surface area contributed by atoms with Gasteiger partial charge in [-0.3, -0.25) is 9.59 Å². The van der Waals surface area contributed by atoms with E-state index in [1.165, 1.54) is 11.1 Å². The number of hydrogen-bond donors (Lipinski definition) is 2. The number of amides is 2. The van der Waals surface area contributed by atoms with Gasteiger partial charge in [0.05, 0.1) is 0 Å². The van der Waals surface area contributed by atoms with E-state index in [1.807, 2.05) is 4.90 Å². The van der Waals surface area contributed by atoms with E-state index in [4.69, 9.17) is 5.73 Å². The Bertz CT molecular complexity index is 619. The monoisotopic (exact) mass is 409 g/mol. The van der Waals surface area contributed by atoms with Crippen molar-refractivity contribution >= 4 is 24.2 Å². The average Bonchev–Trinajstić information content (AvgIpc) is 2.66. The van der Waals surface area contributed by atoms with Crippen LogP contribution in [0.15, 0.2) is 24.3 Å². The lowest BCUT2D eigenvalue weighted by Crippen LogP contribution is -2.49. The number of carbonyl (C=O) groups excluding carboxylic acids is 2. The lowest BCUT2D eigenvalue weighted by Gasteiger charge is -2.36. The Kier molecular flexibility index (Phi) is 10.5. The van der Waals surface area contributed by atoms with Crippen molar-refractivity contribution in [1.29, 1.82) is 0 Å². The molecule has 0 saturated carbocycles. The van der Waals surface area contributed by atoms with Crippen molar-refractivity contribution in [2.24, 2.45) is 5.73 Å². The Balaban J connectivity index is 0.00000392. The zero-order chi connectivity index (χ0) is 19.8. The Morgan fingerprint density at radius 2 is 1.79 bits per heavy atom. The molecule has 2 rings (SSSR count). The molecule has 5 nitrogen and oxygen atoms in total. The summed E-state index contributed by atoms with van der Waals surface area (Å²) < 4.78 is 0. The van der Waals surface area contributed by atoms with Gasteiger partial charge in [0.15, 0.2) is 0 Å². The second-order valence-corrected chi connectivity index (χ2v) is 8.01. The number of likely N-dealkylation sites (tertiary alicyclic amines) is 1. The minimum absolute atomic E-state index is 0. The highest BCUT2D eigenvalue weighted by molar-refractivity contribution is 5.85. The van der Waals surface area contributed by atoms with Crippen LogP contribution in [0, 0.1) is 0 Å². The molecule has 28 heavy (non-hydrogen) atoms. The number of rotatable bonds is 8. The highest BCUT2D eigenvalue weighted by Crippen LogP contribution is 2.25. The molecule has 0 bridgehead atoms. The topological polar surface area (TPSA) is 75.4 Å². The molecule has 1 aromatic rings. The molecule has 0 aromatic heterocycles. The lowest BCUT2D eigenvalue weighted by atomic mass is 9.93. The molecule has 1 heterocycles. The first kappa shape index (κ1) is 24.4. The molecule has 0 spiro atoms. The van der Waals surface area contributed by atoms with E-state index < -0.39 is 0 Å². The second-order valence-electron chi connectivity index (χ2n) is 8.01. The van der Waals surface area contributed by atoms with Crippen molar-refractivity contribution < 1.29 is 9.59 Å². The molecule has 0 radical (unpaired) electrons. The number of nitrogens with two attached hydrogens (primary N) is 1. The fraction of sp³-hybridized carbons (Fsp3) is 0.636.